The Kier molecular flexibility index (Phi) is 8.95. The van der Waals surface area contributed by atoms with Crippen molar-refractivity contribution in [1.29, 1.82) is 0 Å². The second kappa shape index (κ2) is 12.1. The molecule has 228 valence electrons. The van der Waals surface area contributed by atoms with E-state index in [4.69, 9.17) is 9.47 Å². The van der Waals surface area contributed by atoms with Crippen LogP contribution in [0, 0.1) is 17.8 Å². The monoisotopic (exact) mass is 572 g/mol. The number of carbonyl (C=O) groups is 3. The molecule has 3 amide bonds. The molecule has 5 aliphatic rings. The van der Waals surface area contributed by atoms with Gasteiger partial charge in [-0.1, -0.05) is 58.4 Å². The first-order valence-electron chi connectivity index (χ1n) is 15.6. The maximum atomic E-state index is 14.7. The van der Waals surface area contributed by atoms with Gasteiger partial charge in [0.2, 0.25) is 17.7 Å². The van der Waals surface area contributed by atoms with Crippen LogP contribution in [-0.2, 0) is 23.9 Å². The van der Waals surface area contributed by atoms with Crippen molar-refractivity contribution in [3.8, 4) is 0 Å². The van der Waals surface area contributed by atoms with E-state index in [0.717, 1.165) is 25.9 Å². The van der Waals surface area contributed by atoms with Crippen LogP contribution in [0.3, 0.4) is 0 Å². The number of likely N-dealkylation sites (tertiary alicyclic amines) is 1. The Morgan fingerprint density at radius 1 is 0.927 bits per heavy atom. The smallest absolute Gasteiger partial charge is 0.249 e. The number of aliphatic hydroxyl groups is 1. The van der Waals surface area contributed by atoms with E-state index in [1.165, 1.54) is 0 Å². The van der Waals surface area contributed by atoms with Crippen LogP contribution in [0.1, 0.15) is 47.0 Å². The molecule has 0 radical (unpaired) electrons. The van der Waals surface area contributed by atoms with Gasteiger partial charge in [0.25, 0.3) is 0 Å². The number of aliphatic hydroxyl groups excluding tert-OH is 1. The lowest BCUT2D eigenvalue weighted by Crippen LogP contribution is -2.60. The Labute approximate surface area is 244 Å². The van der Waals surface area contributed by atoms with Crippen molar-refractivity contribution in [2.75, 3.05) is 65.6 Å². The summed E-state index contributed by atoms with van der Waals surface area (Å²) in [7, 11) is 0. The number of hydrogen-bond acceptors (Lipinski definition) is 7. The molecule has 0 aliphatic carbocycles. The molecule has 3 saturated heterocycles. The molecule has 0 aromatic heterocycles. The lowest BCUT2D eigenvalue weighted by Gasteiger charge is -2.42. The molecule has 1 unspecified atom stereocenters. The van der Waals surface area contributed by atoms with Crippen molar-refractivity contribution in [3.63, 3.8) is 0 Å². The molecule has 0 bridgehead atoms. The number of carbonyl (C=O) groups excluding carboxylic acids is 3. The van der Waals surface area contributed by atoms with E-state index >= 15 is 0 Å². The van der Waals surface area contributed by atoms with Crippen LogP contribution in [0.5, 0.6) is 0 Å². The van der Waals surface area contributed by atoms with E-state index in [1.807, 2.05) is 61.8 Å². The average molecular weight is 573 g/mol. The van der Waals surface area contributed by atoms with Gasteiger partial charge in [0.1, 0.15) is 11.6 Å². The molecule has 10 nitrogen and oxygen atoms in total. The van der Waals surface area contributed by atoms with Crippen LogP contribution in [0.2, 0.25) is 0 Å². The summed E-state index contributed by atoms with van der Waals surface area (Å²) in [5, 5.41) is 10.6. The summed E-state index contributed by atoms with van der Waals surface area (Å²) < 4.78 is 12.5. The Hall–Kier alpha value is -2.27. The lowest BCUT2D eigenvalue weighted by molar-refractivity contribution is -0.158. The first-order valence-corrected chi connectivity index (χ1v) is 15.6. The van der Waals surface area contributed by atoms with Crippen molar-refractivity contribution in [3.05, 3.63) is 24.3 Å². The van der Waals surface area contributed by atoms with Gasteiger partial charge in [0.05, 0.1) is 43.3 Å². The molecule has 1 spiro atoms. The highest BCUT2D eigenvalue weighted by Gasteiger charge is 2.76. The van der Waals surface area contributed by atoms with Crippen molar-refractivity contribution in [1.82, 2.24) is 19.6 Å². The van der Waals surface area contributed by atoms with Crippen LogP contribution < -0.4 is 0 Å². The van der Waals surface area contributed by atoms with Gasteiger partial charge in [-0.05, 0) is 18.8 Å². The summed E-state index contributed by atoms with van der Waals surface area (Å²) in [5.41, 5.74) is -2.28. The van der Waals surface area contributed by atoms with Gasteiger partial charge in [0, 0.05) is 45.8 Å². The fraction of sp³-hybridized carbons (Fsp3) is 0.774. The van der Waals surface area contributed by atoms with E-state index < -0.39 is 35.1 Å². The number of morpholine rings is 1. The predicted molar refractivity (Wildman–Crippen MR) is 154 cm³/mol. The fourth-order valence-corrected chi connectivity index (χ4v) is 7.73. The van der Waals surface area contributed by atoms with Gasteiger partial charge in [-0.2, -0.15) is 0 Å². The third-order valence-corrected chi connectivity index (χ3v) is 10.2. The largest absolute Gasteiger partial charge is 0.394 e. The molecule has 5 heterocycles. The minimum atomic E-state index is -1.29. The first kappa shape index (κ1) is 30.2. The van der Waals surface area contributed by atoms with Gasteiger partial charge in [-0.3, -0.25) is 19.3 Å². The van der Waals surface area contributed by atoms with Gasteiger partial charge < -0.3 is 29.3 Å². The molecule has 5 aliphatic heterocycles. The number of fused-ring (bicyclic) bond motifs is 2. The zero-order valence-electron chi connectivity index (χ0n) is 25.2. The van der Waals surface area contributed by atoms with Crippen LogP contribution in [0.25, 0.3) is 0 Å². The Balaban J connectivity index is 1.58. The van der Waals surface area contributed by atoms with Crippen molar-refractivity contribution in [2.45, 2.75) is 70.2 Å². The Morgan fingerprint density at radius 2 is 1.61 bits per heavy atom. The van der Waals surface area contributed by atoms with Gasteiger partial charge in [-0.15, -0.1) is 0 Å². The Morgan fingerprint density at radius 3 is 2.24 bits per heavy atom. The van der Waals surface area contributed by atoms with Crippen molar-refractivity contribution >= 4 is 17.7 Å². The third kappa shape index (κ3) is 4.94. The molecule has 10 heteroatoms. The molecule has 41 heavy (non-hydrogen) atoms. The summed E-state index contributed by atoms with van der Waals surface area (Å²) in [6.07, 6.45) is 9.87. The van der Waals surface area contributed by atoms with Crippen LogP contribution in [0.15, 0.2) is 24.3 Å². The minimum Gasteiger partial charge on any atom is -0.394 e. The maximum Gasteiger partial charge on any atom is 0.249 e. The quantitative estimate of drug-likeness (QED) is 0.394. The fourth-order valence-electron chi connectivity index (χ4n) is 7.73. The predicted octanol–water partition coefficient (Wildman–Crippen LogP) is 1.29. The molecule has 3 fully saturated rings. The lowest BCUT2D eigenvalue weighted by atomic mass is 9.73. The minimum absolute atomic E-state index is 0.0427. The normalized spacial score (nSPS) is 35.3. The number of nitrogens with zero attached hydrogens (tertiary/aromatic N) is 4. The molecular formula is C31H48N4O6. The molecule has 0 aromatic carbocycles. The summed E-state index contributed by atoms with van der Waals surface area (Å²) in [4.78, 5) is 51.1. The van der Waals surface area contributed by atoms with E-state index in [-0.39, 0.29) is 30.2 Å². The second-order valence-corrected chi connectivity index (χ2v) is 12.3. The highest BCUT2D eigenvalue weighted by molar-refractivity contribution is 6.00. The third-order valence-electron chi connectivity index (χ3n) is 10.2. The van der Waals surface area contributed by atoms with Crippen LogP contribution in [0.4, 0.5) is 0 Å². The Bertz CT molecular complexity index is 1060. The average Bonchev–Trinajstić information content (AvgIpc) is 3.28. The van der Waals surface area contributed by atoms with Crippen molar-refractivity contribution < 1.29 is 29.0 Å². The summed E-state index contributed by atoms with van der Waals surface area (Å²) >= 11 is 0. The van der Waals surface area contributed by atoms with Crippen molar-refractivity contribution in [2.24, 2.45) is 17.8 Å². The molecule has 5 rings (SSSR count). The van der Waals surface area contributed by atoms with Gasteiger partial charge in [0.15, 0.2) is 0 Å². The molecule has 0 saturated carbocycles. The number of hydrogen-bond donors (Lipinski definition) is 1. The van der Waals surface area contributed by atoms with E-state index in [1.54, 1.807) is 4.90 Å². The number of ether oxygens (including phenoxy) is 2. The molecule has 7 atom stereocenters. The highest BCUT2D eigenvalue weighted by atomic mass is 16.5. The number of amides is 3. The number of rotatable bonds is 10. The zero-order valence-corrected chi connectivity index (χ0v) is 25.2. The maximum absolute atomic E-state index is 14.7. The van der Waals surface area contributed by atoms with Crippen LogP contribution in [-0.4, -0.2) is 131 Å². The standard InChI is InChI=1S/C31H48N4O6/c1-5-12-33-13-8-10-30(7-3)24(27(33)37)25-28(38)35(23(21-36)22(4)6-2)26-29(39)34(14-9-11-31(25,26)41-30)16-15-32-17-19-40-20-18-32/h8-11,22-26,36H,5-7,12-21H2,1-4H3/t22-,23-,24+,25-,26?,30-,31-/m0/s1. The summed E-state index contributed by atoms with van der Waals surface area (Å²) in [5.74, 6) is -2.16. The van der Waals surface area contributed by atoms with Crippen LogP contribution >= 0.6 is 0 Å². The topological polar surface area (TPSA) is 103 Å². The van der Waals surface area contributed by atoms with Gasteiger partial charge in [-0.25, -0.2) is 0 Å². The molecule has 1 N–H and O–H groups in total. The highest BCUT2D eigenvalue weighted by Crippen LogP contribution is 2.59. The van der Waals surface area contributed by atoms with Gasteiger partial charge >= 0.3 is 0 Å². The molecule has 0 aromatic rings. The second-order valence-electron chi connectivity index (χ2n) is 12.3. The summed E-state index contributed by atoms with van der Waals surface area (Å²) in [6.45, 7) is 13.5. The summed E-state index contributed by atoms with van der Waals surface area (Å²) in [6, 6.07) is -1.51. The van der Waals surface area contributed by atoms with E-state index in [2.05, 4.69) is 4.90 Å². The van der Waals surface area contributed by atoms with E-state index in [0.29, 0.717) is 52.4 Å². The zero-order chi connectivity index (χ0) is 29.4. The van der Waals surface area contributed by atoms with E-state index in [9.17, 15) is 19.5 Å². The first-order chi connectivity index (χ1) is 19.8. The molecular weight excluding hydrogens is 524 g/mol. The SMILES string of the molecule is CCCN1CC=C[C@]2(CC)O[C@]34C=CCN(CCN5CCOCC5)C(=O)C3N([C@@H](CO)[C@@H](C)CC)C(=O)[C@@H]4[C@@H]2C1=O.